The van der Waals surface area contributed by atoms with E-state index in [0.29, 0.717) is 11.5 Å². The third-order valence-corrected chi connectivity index (χ3v) is 6.12. The minimum Gasteiger partial charge on any atom is -0.481 e. The first-order chi connectivity index (χ1) is 16.6. The van der Waals surface area contributed by atoms with Gasteiger partial charge in [-0.25, -0.2) is 0 Å². The van der Waals surface area contributed by atoms with Crippen LogP contribution in [0.25, 0.3) is 0 Å². The lowest BCUT2D eigenvalue weighted by atomic mass is 10.1. The molecule has 1 unspecified atom stereocenters. The molecule has 0 saturated heterocycles. The molecule has 0 aliphatic heterocycles. The Kier molecular flexibility index (Phi) is 11.3. The number of hydrogen-bond acceptors (Lipinski definition) is 8. The number of benzene rings is 2. The minimum absolute atomic E-state index is 0.00894. The van der Waals surface area contributed by atoms with Crippen molar-refractivity contribution in [1.29, 1.82) is 0 Å². The summed E-state index contributed by atoms with van der Waals surface area (Å²) in [4.78, 5) is 44.7. The van der Waals surface area contributed by atoms with Crippen molar-refractivity contribution in [2.24, 2.45) is 5.92 Å². The van der Waals surface area contributed by atoms with Gasteiger partial charge in [0.25, 0.3) is 0 Å². The molecule has 2 aromatic rings. The first kappa shape index (κ1) is 27.9. The van der Waals surface area contributed by atoms with E-state index in [1.807, 2.05) is 0 Å². The number of rotatable bonds is 14. The Bertz CT molecular complexity index is 940. The van der Waals surface area contributed by atoms with Crippen LogP contribution in [0.4, 0.5) is 0 Å². The van der Waals surface area contributed by atoms with Crippen molar-refractivity contribution in [3.05, 3.63) is 59.7 Å². The molecule has 0 aliphatic rings. The van der Waals surface area contributed by atoms with Crippen molar-refractivity contribution < 1.29 is 47.9 Å². The van der Waals surface area contributed by atoms with E-state index in [1.165, 1.54) is 13.8 Å². The van der Waals surface area contributed by atoms with E-state index in [-0.39, 0.29) is 32.2 Å². The van der Waals surface area contributed by atoms with Gasteiger partial charge in [-0.3, -0.25) is 19.2 Å². The van der Waals surface area contributed by atoms with Crippen LogP contribution in [0.5, 0.6) is 11.5 Å². The maximum atomic E-state index is 11.7. The number of ether oxygens (including phenoxy) is 2. The SMILES string of the molecule is CC(=O)Oc1ccc(COP(CC(CCC(=O)O)C(=O)O)OCc2ccc(OC(C)=O)cc2)cc1. The summed E-state index contributed by atoms with van der Waals surface area (Å²) >= 11 is 0. The van der Waals surface area contributed by atoms with Gasteiger partial charge in [-0.15, -0.1) is 0 Å². The lowest BCUT2D eigenvalue weighted by molar-refractivity contribution is -0.142. The number of carbonyl (C=O) groups excluding carboxylic acids is 2. The third kappa shape index (κ3) is 11.1. The fourth-order valence-electron chi connectivity index (χ4n) is 2.85. The van der Waals surface area contributed by atoms with Gasteiger partial charge in [0.2, 0.25) is 0 Å². The average molecular weight is 506 g/mol. The van der Waals surface area contributed by atoms with E-state index < -0.39 is 38.2 Å². The Morgan fingerprint density at radius 1 is 0.771 bits per heavy atom. The summed E-state index contributed by atoms with van der Waals surface area (Å²) in [7, 11) is -1.70. The van der Waals surface area contributed by atoms with E-state index in [1.54, 1.807) is 48.5 Å². The molecule has 0 heterocycles. The number of carboxylic acid groups (broad SMARTS) is 2. The van der Waals surface area contributed by atoms with Crippen molar-refractivity contribution in [3.63, 3.8) is 0 Å². The zero-order valence-electron chi connectivity index (χ0n) is 19.3. The second kappa shape index (κ2) is 14.2. The predicted octanol–water partition coefficient (Wildman–Crippen LogP) is 4.15. The maximum absolute atomic E-state index is 11.7. The Balaban J connectivity index is 2.05. The fraction of sp³-hybridized carbons (Fsp3) is 0.333. The number of aliphatic carboxylic acids is 2. The third-order valence-electron chi connectivity index (χ3n) is 4.55. The second-order valence-electron chi connectivity index (χ2n) is 7.50. The summed E-state index contributed by atoms with van der Waals surface area (Å²) in [6, 6.07) is 13.3. The lowest BCUT2D eigenvalue weighted by Gasteiger charge is -2.21. The standard InChI is InChI=1S/C24H27O10P/c1-16(25)33-21-8-3-18(4-9-21)13-31-35(15-20(24(29)30)7-12-23(27)28)32-14-19-5-10-22(11-6-19)34-17(2)26/h3-6,8-11,20H,7,12-15H2,1-2H3,(H,27,28)(H,29,30). The van der Waals surface area contributed by atoms with Crippen LogP contribution in [0, 0.1) is 5.92 Å². The van der Waals surface area contributed by atoms with E-state index in [9.17, 15) is 24.3 Å². The van der Waals surface area contributed by atoms with Crippen molar-refractivity contribution in [3.8, 4) is 11.5 Å². The lowest BCUT2D eigenvalue weighted by Crippen LogP contribution is -2.19. The summed E-state index contributed by atoms with van der Waals surface area (Å²) in [6.07, 6.45) is -0.325. The maximum Gasteiger partial charge on any atom is 0.308 e. The van der Waals surface area contributed by atoms with Crippen LogP contribution < -0.4 is 9.47 Å². The van der Waals surface area contributed by atoms with Crippen LogP contribution in [0.2, 0.25) is 0 Å². The van der Waals surface area contributed by atoms with Gasteiger partial charge in [0.05, 0.1) is 19.1 Å². The van der Waals surface area contributed by atoms with Crippen molar-refractivity contribution in [1.82, 2.24) is 0 Å². The zero-order chi connectivity index (χ0) is 25.8. The number of hydrogen-bond donors (Lipinski definition) is 2. The van der Waals surface area contributed by atoms with Crippen LogP contribution in [0.3, 0.4) is 0 Å². The smallest absolute Gasteiger partial charge is 0.308 e. The Morgan fingerprint density at radius 2 is 1.20 bits per heavy atom. The Hall–Kier alpha value is -3.33. The first-order valence-electron chi connectivity index (χ1n) is 10.6. The fourth-order valence-corrected chi connectivity index (χ4v) is 4.42. The van der Waals surface area contributed by atoms with Gasteiger partial charge in [0.15, 0.2) is 8.38 Å². The molecule has 0 radical (unpaired) electrons. The van der Waals surface area contributed by atoms with Crippen molar-refractivity contribution in [2.75, 3.05) is 6.16 Å². The molecule has 0 fully saturated rings. The summed E-state index contributed by atoms with van der Waals surface area (Å²) in [5.74, 6) is -3.26. The summed E-state index contributed by atoms with van der Waals surface area (Å²) < 4.78 is 21.8. The van der Waals surface area contributed by atoms with Crippen molar-refractivity contribution >= 4 is 32.3 Å². The van der Waals surface area contributed by atoms with Gasteiger partial charge in [-0.2, -0.15) is 0 Å². The van der Waals surface area contributed by atoms with Gasteiger partial charge in [0, 0.05) is 26.4 Å². The Labute approximate surface area is 203 Å². The van der Waals surface area contributed by atoms with Crippen LogP contribution in [0.15, 0.2) is 48.5 Å². The number of carboxylic acids is 2. The molecule has 11 heteroatoms. The van der Waals surface area contributed by atoms with E-state index in [2.05, 4.69) is 0 Å². The van der Waals surface area contributed by atoms with Crippen LogP contribution in [-0.2, 0) is 41.4 Å². The highest BCUT2D eigenvalue weighted by Gasteiger charge is 2.25. The molecule has 2 rings (SSSR count). The van der Waals surface area contributed by atoms with Gasteiger partial charge >= 0.3 is 23.9 Å². The van der Waals surface area contributed by atoms with E-state index in [4.69, 9.17) is 23.6 Å². The molecule has 35 heavy (non-hydrogen) atoms. The zero-order valence-corrected chi connectivity index (χ0v) is 20.2. The minimum atomic E-state index is -1.70. The van der Waals surface area contributed by atoms with Crippen LogP contribution >= 0.6 is 8.38 Å². The summed E-state index contributed by atoms with van der Waals surface area (Å²) in [6.45, 7) is 2.83. The molecule has 0 spiro atoms. The van der Waals surface area contributed by atoms with E-state index >= 15 is 0 Å². The normalized spacial score (nSPS) is 11.6. The molecule has 0 aliphatic carbocycles. The number of carbonyl (C=O) groups is 4. The quantitative estimate of drug-likeness (QED) is 0.218. The first-order valence-corrected chi connectivity index (χ1v) is 12.0. The Morgan fingerprint density at radius 3 is 1.54 bits per heavy atom. The molecule has 0 saturated carbocycles. The highest BCUT2D eigenvalue weighted by molar-refractivity contribution is 7.47. The van der Waals surface area contributed by atoms with E-state index in [0.717, 1.165) is 11.1 Å². The topological polar surface area (TPSA) is 146 Å². The van der Waals surface area contributed by atoms with Gasteiger partial charge < -0.3 is 28.7 Å². The van der Waals surface area contributed by atoms with Crippen LogP contribution in [0.1, 0.15) is 37.8 Å². The van der Waals surface area contributed by atoms with Gasteiger partial charge in [-0.05, 0) is 41.8 Å². The molecule has 2 N–H and O–H groups in total. The monoisotopic (exact) mass is 506 g/mol. The predicted molar refractivity (Wildman–Crippen MR) is 125 cm³/mol. The highest BCUT2D eigenvalue weighted by atomic mass is 31.2. The second-order valence-corrected chi connectivity index (χ2v) is 9.05. The largest absolute Gasteiger partial charge is 0.481 e. The molecule has 0 bridgehead atoms. The van der Waals surface area contributed by atoms with Gasteiger partial charge in [-0.1, -0.05) is 24.3 Å². The summed E-state index contributed by atoms with van der Waals surface area (Å²) in [5, 5.41) is 18.5. The molecule has 188 valence electrons. The van der Waals surface area contributed by atoms with Crippen LogP contribution in [-0.4, -0.2) is 40.3 Å². The van der Waals surface area contributed by atoms with Crippen molar-refractivity contribution in [2.45, 2.75) is 39.9 Å². The molecule has 1 atom stereocenters. The molecule has 0 aromatic heterocycles. The molecular formula is C24H27O10P. The molecular weight excluding hydrogens is 479 g/mol. The molecule has 2 aromatic carbocycles. The van der Waals surface area contributed by atoms with Gasteiger partial charge in [0.1, 0.15) is 11.5 Å². The average Bonchev–Trinajstić information content (AvgIpc) is 2.78. The molecule has 10 nitrogen and oxygen atoms in total. The molecule has 0 amide bonds. The number of esters is 2. The summed E-state index contributed by atoms with van der Waals surface area (Å²) in [5.41, 5.74) is 1.50. The highest BCUT2D eigenvalue weighted by Crippen LogP contribution is 2.43.